The van der Waals surface area contributed by atoms with E-state index in [4.69, 9.17) is 0 Å². The number of phenols is 1. The van der Waals surface area contributed by atoms with Crippen molar-refractivity contribution in [2.75, 3.05) is 0 Å². The summed E-state index contributed by atoms with van der Waals surface area (Å²) >= 11 is 0. The van der Waals surface area contributed by atoms with E-state index in [2.05, 4.69) is 26.1 Å². The molecular formula is C23H30F3NO. The highest BCUT2D eigenvalue weighted by Gasteiger charge is 2.32. The first-order chi connectivity index (χ1) is 12.6. The summed E-state index contributed by atoms with van der Waals surface area (Å²) in [7, 11) is 0. The van der Waals surface area contributed by atoms with Crippen LogP contribution in [0.1, 0.15) is 63.8 Å². The van der Waals surface area contributed by atoms with Gasteiger partial charge in [-0.2, -0.15) is 13.2 Å². The van der Waals surface area contributed by atoms with Gasteiger partial charge in [-0.3, -0.25) is 0 Å². The smallest absolute Gasteiger partial charge is 0.416 e. The standard InChI is InChI=1S/C23H30F3NO/c1-14-10-15(8-9-19(14)23(24,25)26)18-12-17(21(2,3)4)11-16(20(18)28)13-27-22(5,6)7/h8-12,27-28H,13H2,1-7H3. The van der Waals surface area contributed by atoms with Crippen LogP contribution in [0.2, 0.25) is 0 Å². The van der Waals surface area contributed by atoms with Crippen molar-refractivity contribution in [3.8, 4) is 16.9 Å². The summed E-state index contributed by atoms with van der Waals surface area (Å²) in [6.45, 7) is 14.2. The normalized spacial score (nSPS) is 13.1. The number of hydrogen-bond donors (Lipinski definition) is 2. The van der Waals surface area contributed by atoms with Gasteiger partial charge in [-0.25, -0.2) is 0 Å². The highest BCUT2D eigenvalue weighted by molar-refractivity contribution is 5.74. The number of halogens is 3. The van der Waals surface area contributed by atoms with Crippen molar-refractivity contribution in [2.45, 2.75) is 72.1 Å². The highest BCUT2D eigenvalue weighted by atomic mass is 19.4. The first-order valence-electron chi connectivity index (χ1n) is 9.39. The molecular weight excluding hydrogens is 363 g/mol. The summed E-state index contributed by atoms with van der Waals surface area (Å²) in [5.74, 6) is 0.101. The molecule has 0 aliphatic heterocycles. The Morgan fingerprint density at radius 3 is 2.00 bits per heavy atom. The van der Waals surface area contributed by atoms with E-state index in [1.807, 2.05) is 32.9 Å². The predicted octanol–water partition coefficient (Wildman–Crippen LogP) is 6.57. The SMILES string of the molecule is Cc1cc(-c2cc(C(C)(C)C)cc(CNC(C)(C)C)c2O)ccc1C(F)(F)F. The van der Waals surface area contributed by atoms with Crippen molar-refractivity contribution in [2.24, 2.45) is 0 Å². The maximum atomic E-state index is 13.1. The molecule has 0 fully saturated rings. The number of phenolic OH excluding ortho intramolecular Hbond substituents is 1. The lowest BCUT2D eigenvalue weighted by molar-refractivity contribution is -0.138. The molecule has 0 aliphatic rings. The second-order valence-corrected chi connectivity index (χ2v) is 9.41. The van der Waals surface area contributed by atoms with Gasteiger partial charge in [0.05, 0.1) is 5.56 Å². The fourth-order valence-corrected chi connectivity index (χ4v) is 2.99. The number of aromatic hydroxyl groups is 1. The molecule has 2 aromatic rings. The van der Waals surface area contributed by atoms with Crippen LogP contribution in [0.5, 0.6) is 5.75 Å². The van der Waals surface area contributed by atoms with Gasteiger partial charge in [0, 0.05) is 23.2 Å². The van der Waals surface area contributed by atoms with E-state index >= 15 is 0 Å². The lowest BCUT2D eigenvalue weighted by atomic mass is 9.83. The van der Waals surface area contributed by atoms with Gasteiger partial charge >= 0.3 is 6.18 Å². The van der Waals surface area contributed by atoms with Gasteiger partial charge in [0.1, 0.15) is 5.75 Å². The van der Waals surface area contributed by atoms with Crippen molar-refractivity contribution >= 4 is 0 Å². The Labute approximate surface area is 165 Å². The number of alkyl halides is 3. The molecule has 0 atom stereocenters. The zero-order chi connectivity index (χ0) is 21.5. The van der Waals surface area contributed by atoms with Gasteiger partial charge in [0.15, 0.2) is 0 Å². The van der Waals surface area contributed by atoms with Crippen LogP contribution in [-0.4, -0.2) is 10.6 Å². The number of hydrogen-bond acceptors (Lipinski definition) is 2. The van der Waals surface area contributed by atoms with E-state index in [0.717, 1.165) is 17.2 Å². The summed E-state index contributed by atoms with van der Waals surface area (Å²) in [5, 5.41) is 14.3. The Balaban J connectivity index is 2.61. The zero-order valence-corrected chi connectivity index (χ0v) is 17.7. The van der Waals surface area contributed by atoms with Crippen LogP contribution in [0, 0.1) is 6.92 Å². The van der Waals surface area contributed by atoms with Gasteiger partial charge < -0.3 is 10.4 Å². The quantitative estimate of drug-likeness (QED) is 0.618. The predicted molar refractivity (Wildman–Crippen MR) is 109 cm³/mol. The molecule has 0 radical (unpaired) electrons. The van der Waals surface area contributed by atoms with Crippen molar-refractivity contribution in [1.29, 1.82) is 0 Å². The molecule has 0 aliphatic carbocycles. The molecule has 5 heteroatoms. The van der Waals surface area contributed by atoms with Crippen molar-refractivity contribution in [1.82, 2.24) is 5.32 Å². The van der Waals surface area contributed by atoms with Crippen molar-refractivity contribution in [3.63, 3.8) is 0 Å². The van der Waals surface area contributed by atoms with Gasteiger partial charge in [-0.05, 0) is 61.9 Å². The Hall–Kier alpha value is -2.01. The maximum Gasteiger partial charge on any atom is 0.416 e. The number of benzene rings is 2. The summed E-state index contributed by atoms with van der Waals surface area (Å²) in [4.78, 5) is 0. The minimum atomic E-state index is -4.39. The van der Waals surface area contributed by atoms with E-state index in [1.54, 1.807) is 0 Å². The summed E-state index contributed by atoms with van der Waals surface area (Å²) in [6, 6.07) is 7.84. The third-order valence-corrected chi connectivity index (χ3v) is 4.71. The molecule has 0 bridgehead atoms. The Morgan fingerprint density at radius 1 is 0.929 bits per heavy atom. The monoisotopic (exact) mass is 393 g/mol. The number of rotatable bonds is 3. The molecule has 0 saturated carbocycles. The molecule has 0 aromatic heterocycles. The molecule has 154 valence electrons. The first kappa shape index (κ1) is 22.3. The molecule has 2 aromatic carbocycles. The van der Waals surface area contributed by atoms with Crippen LogP contribution in [0.3, 0.4) is 0 Å². The maximum absolute atomic E-state index is 13.1. The average Bonchev–Trinajstić information content (AvgIpc) is 2.50. The van der Waals surface area contributed by atoms with Crippen LogP contribution in [0.4, 0.5) is 13.2 Å². The van der Waals surface area contributed by atoms with Crippen LogP contribution in [0.25, 0.3) is 11.1 Å². The topological polar surface area (TPSA) is 32.3 Å². The minimum absolute atomic E-state index is 0.101. The van der Waals surface area contributed by atoms with Gasteiger partial charge in [-0.1, -0.05) is 39.0 Å². The number of nitrogens with one attached hydrogen (secondary N) is 1. The molecule has 0 amide bonds. The fraction of sp³-hybridized carbons (Fsp3) is 0.478. The first-order valence-corrected chi connectivity index (χ1v) is 9.39. The van der Waals surface area contributed by atoms with Crippen LogP contribution in [0.15, 0.2) is 30.3 Å². The van der Waals surface area contributed by atoms with Gasteiger partial charge in [0.2, 0.25) is 0 Å². The molecule has 0 spiro atoms. The van der Waals surface area contributed by atoms with E-state index in [0.29, 0.717) is 17.7 Å². The summed E-state index contributed by atoms with van der Waals surface area (Å²) < 4.78 is 39.3. The van der Waals surface area contributed by atoms with Crippen molar-refractivity contribution in [3.05, 3.63) is 52.6 Å². The van der Waals surface area contributed by atoms with E-state index in [9.17, 15) is 18.3 Å². The van der Waals surface area contributed by atoms with E-state index in [-0.39, 0.29) is 22.3 Å². The second-order valence-electron chi connectivity index (χ2n) is 9.41. The zero-order valence-electron chi connectivity index (χ0n) is 17.7. The molecule has 28 heavy (non-hydrogen) atoms. The second kappa shape index (κ2) is 7.43. The molecule has 2 nitrogen and oxygen atoms in total. The third-order valence-electron chi connectivity index (χ3n) is 4.71. The van der Waals surface area contributed by atoms with Crippen molar-refractivity contribution < 1.29 is 18.3 Å². The molecule has 2 N–H and O–H groups in total. The minimum Gasteiger partial charge on any atom is -0.507 e. The summed E-state index contributed by atoms with van der Waals surface area (Å²) in [6.07, 6.45) is -4.39. The summed E-state index contributed by atoms with van der Waals surface area (Å²) in [5.41, 5.74) is 2.06. The Bertz CT molecular complexity index is 856. The Kier molecular flexibility index (Phi) is 5.91. The lowest BCUT2D eigenvalue weighted by Gasteiger charge is -2.25. The van der Waals surface area contributed by atoms with Crippen LogP contribution < -0.4 is 5.32 Å². The lowest BCUT2D eigenvalue weighted by Crippen LogP contribution is -2.35. The largest absolute Gasteiger partial charge is 0.507 e. The molecule has 2 rings (SSSR count). The third kappa shape index (κ3) is 5.28. The van der Waals surface area contributed by atoms with Gasteiger partial charge in [0.25, 0.3) is 0 Å². The van der Waals surface area contributed by atoms with Crippen LogP contribution in [-0.2, 0) is 18.1 Å². The van der Waals surface area contributed by atoms with Crippen LogP contribution >= 0.6 is 0 Å². The van der Waals surface area contributed by atoms with Gasteiger partial charge in [-0.15, -0.1) is 0 Å². The highest BCUT2D eigenvalue weighted by Crippen LogP contribution is 2.40. The fourth-order valence-electron chi connectivity index (χ4n) is 2.99. The van der Waals surface area contributed by atoms with E-state index < -0.39 is 11.7 Å². The molecule has 0 unspecified atom stereocenters. The molecule has 0 heterocycles. The number of aryl methyl sites for hydroxylation is 1. The average molecular weight is 393 g/mol. The molecule has 0 saturated heterocycles. The Morgan fingerprint density at radius 2 is 1.54 bits per heavy atom. The van der Waals surface area contributed by atoms with E-state index in [1.165, 1.54) is 19.1 Å².